The molecule has 0 fully saturated rings. The average molecular weight is 841 g/mol. The van der Waals surface area contributed by atoms with Crippen LogP contribution in [0.4, 0.5) is 11.4 Å². The number of para-hydroxylation sites is 2. The molecule has 1 aliphatic carbocycles. The van der Waals surface area contributed by atoms with Crippen LogP contribution in [0, 0.1) is 6.92 Å². The Morgan fingerprint density at radius 1 is 0.508 bits per heavy atom. The van der Waals surface area contributed by atoms with Crippen LogP contribution >= 0.6 is 0 Å². The summed E-state index contributed by atoms with van der Waals surface area (Å²) in [7, 11) is 0. The van der Waals surface area contributed by atoms with Gasteiger partial charge in [0.05, 0.1) is 11.0 Å². The van der Waals surface area contributed by atoms with Gasteiger partial charge in [-0.1, -0.05) is 134 Å². The van der Waals surface area contributed by atoms with Crippen LogP contribution in [-0.2, 0) is 16.2 Å². The Morgan fingerprint density at radius 3 is 1.83 bits per heavy atom. The van der Waals surface area contributed by atoms with E-state index in [2.05, 4.69) is 205 Å². The Bertz CT molecular complexity index is 3950. The van der Waals surface area contributed by atoms with Crippen molar-refractivity contribution in [3.05, 3.63) is 161 Å². The lowest BCUT2D eigenvalue weighted by Crippen LogP contribution is -2.60. The lowest BCUT2D eigenvalue weighted by Gasteiger charge is -2.43. The Kier molecular flexibility index (Phi) is 6.92. The monoisotopic (exact) mass is 840 g/mol. The second-order valence-electron chi connectivity index (χ2n) is 21.8. The van der Waals surface area contributed by atoms with Gasteiger partial charge in [0.2, 0.25) is 0 Å². The van der Waals surface area contributed by atoms with E-state index in [0.717, 1.165) is 55.1 Å². The number of anilines is 2. The van der Waals surface area contributed by atoms with E-state index in [1.54, 1.807) is 0 Å². The number of benzene rings is 8. The van der Waals surface area contributed by atoms with Crippen LogP contribution in [0.5, 0.6) is 0 Å². The van der Waals surface area contributed by atoms with Crippen molar-refractivity contribution in [2.75, 3.05) is 4.81 Å². The summed E-state index contributed by atoms with van der Waals surface area (Å²) in [5.74, 6) is 0. The number of aryl methyl sites for hydroxylation is 1. The maximum atomic E-state index is 6.74. The van der Waals surface area contributed by atoms with Gasteiger partial charge in [0.15, 0.2) is 0 Å². The first kappa shape index (κ1) is 37.4. The zero-order valence-corrected chi connectivity index (χ0v) is 38.5. The third-order valence-corrected chi connectivity index (χ3v) is 15.6. The smallest absolute Gasteiger partial charge is 0.333 e. The van der Waals surface area contributed by atoms with Crippen molar-refractivity contribution in [1.82, 2.24) is 4.57 Å². The normalized spacial score (nSPS) is 14.9. The number of hydrogen-bond donors (Lipinski definition) is 0. The summed E-state index contributed by atoms with van der Waals surface area (Å²) in [5, 5.41) is 7.09. The molecule has 3 aliphatic rings. The average Bonchev–Trinajstić information content (AvgIpc) is 4.00. The number of nitrogens with zero attached hydrogens (tertiary/aromatic N) is 2. The van der Waals surface area contributed by atoms with Crippen LogP contribution in [0.2, 0.25) is 0 Å². The molecular weight excluding hydrogens is 791 g/mol. The molecule has 0 unspecified atom stereocenters. The highest BCUT2D eigenvalue weighted by molar-refractivity contribution is 6.94. The minimum atomic E-state index is -0.172. The van der Waals surface area contributed by atoms with E-state index in [-0.39, 0.29) is 23.1 Å². The maximum Gasteiger partial charge on any atom is 0.333 e. The fraction of sp³-hybridized carbons (Fsp3) is 0.200. The first-order valence-corrected chi connectivity index (χ1v) is 23.3. The van der Waals surface area contributed by atoms with Crippen LogP contribution in [-0.4, -0.2) is 11.4 Å². The van der Waals surface area contributed by atoms with Gasteiger partial charge in [-0.2, -0.15) is 0 Å². The van der Waals surface area contributed by atoms with E-state index < -0.39 is 0 Å². The van der Waals surface area contributed by atoms with Gasteiger partial charge in [-0.25, -0.2) is 0 Å². The van der Waals surface area contributed by atoms with E-state index >= 15 is 0 Å². The molecule has 3 aromatic heterocycles. The SMILES string of the molecule is Cc1cc2c3c4c1c1cc5c(cc1n4-c1cc4oc6ccccc6c4cc1B3N(c1ccc(C(C)(C)C)cc1)c1cc3c(cc1-2)C(C)(C)c1ccc(C(C)(C)C)cc1-3)oc1ccccc15. The van der Waals surface area contributed by atoms with E-state index in [0.29, 0.717) is 0 Å². The molecule has 14 rings (SSSR count). The van der Waals surface area contributed by atoms with Gasteiger partial charge in [0.25, 0.3) is 0 Å². The largest absolute Gasteiger partial charge is 0.456 e. The molecule has 65 heavy (non-hydrogen) atoms. The zero-order chi connectivity index (χ0) is 44.2. The van der Waals surface area contributed by atoms with Crippen molar-refractivity contribution in [1.29, 1.82) is 0 Å². The van der Waals surface area contributed by atoms with Crippen LogP contribution in [0.25, 0.3) is 93.6 Å². The molecule has 5 heterocycles. The van der Waals surface area contributed by atoms with Gasteiger partial charge < -0.3 is 18.2 Å². The Hall–Kier alpha value is -6.98. The van der Waals surface area contributed by atoms with Crippen LogP contribution in [0.3, 0.4) is 0 Å². The number of aromatic nitrogens is 1. The Labute approximate surface area is 379 Å². The summed E-state index contributed by atoms with van der Waals surface area (Å²) in [5.41, 5.74) is 24.1. The molecule has 314 valence electrons. The summed E-state index contributed by atoms with van der Waals surface area (Å²) < 4.78 is 15.9. The molecule has 5 heteroatoms. The molecule has 4 nitrogen and oxygen atoms in total. The van der Waals surface area contributed by atoms with Crippen molar-refractivity contribution >= 4 is 94.8 Å². The molecule has 0 radical (unpaired) electrons. The van der Waals surface area contributed by atoms with Crippen LogP contribution in [0.15, 0.2) is 142 Å². The highest BCUT2D eigenvalue weighted by Gasteiger charge is 2.47. The second-order valence-corrected chi connectivity index (χ2v) is 21.8. The second kappa shape index (κ2) is 12.0. The van der Waals surface area contributed by atoms with E-state index in [4.69, 9.17) is 8.83 Å². The molecular formula is C60H49BN2O2. The molecule has 0 saturated heterocycles. The summed E-state index contributed by atoms with van der Waals surface area (Å²) in [4.78, 5) is 2.69. The third kappa shape index (κ3) is 4.78. The van der Waals surface area contributed by atoms with Gasteiger partial charge in [0, 0.05) is 72.5 Å². The van der Waals surface area contributed by atoms with Gasteiger partial charge in [-0.15, -0.1) is 0 Å². The van der Waals surface area contributed by atoms with Crippen molar-refractivity contribution in [3.8, 4) is 27.9 Å². The fourth-order valence-corrected chi connectivity index (χ4v) is 12.2. The third-order valence-electron chi connectivity index (χ3n) is 15.6. The number of rotatable bonds is 1. The standard InChI is InChI=1S/C60H49BN2O2/c1-32-24-43-40-27-46-39(38-25-34(59(5,6)7)20-23-45(38)60(46,8)9)29-49(40)63(35-21-18-33(19-22-35)58(2,3)4)61-47-28-42-37-15-11-13-17-52(37)65-54(42)31-50(47)62-48-30-53-41(36-14-10-12-16-51(36)64-53)26-44(48)55(32)57(62)56(43)61/h10-31H,1-9H3. The Balaban J connectivity index is 1.16. The lowest BCUT2D eigenvalue weighted by molar-refractivity contribution is 0.589. The number of hydrogen-bond acceptors (Lipinski definition) is 3. The van der Waals surface area contributed by atoms with Gasteiger partial charge >= 0.3 is 6.85 Å². The predicted octanol–water partition coefficient (Wildman–Crippen LogP) is 15.0. The summed E-state index contributed by atoms with van der Waals surface area (Å²) in [6.07, 6.45) is 0. The summed E-state index contributed by atoms with van der Waals surface area (Å²) >= 11 is 0. The first-order chi connectivity index (χ1) is 31.1. The fourth-order valence-electron chi connectivity index (χ4n) is 12.2. The quantitative estimate of drug-likeness (QED) is 0.154. The predicted molar refractivity (Wildman–Crippen MR) is 274 cm³/mol. The summed E-state index contributed by atoms with van der Waals surface area (Å²) in [6.45, 7) is 20.9. The zero-order valence-electron chi connectivity index (χ0n) is 38.5. The van der Waals surface area contributed by atoms with E-state index in [1.807, 2.05) is 0 Å². The van der Waals surface area contributed by atoms with Crippen molar-refractivity contribution in [2.45, 2.75) is 78.6 Å². The molecule has 11 aromatic rings. The van der Waals surface area contributed by atoms with E-state index in [9.17, 15) is 0 Å². The van der Waals surface area contributed by atoms with Crippen LogP contribution in [0.1, 0.15) is 83.2 Å². The minimum absolute atomic E-state index is 0.0202. The molecule has 0 atom stereocenters. The molecule has 0 spiro atoms. The maximum absolute atomic E-state index is 6.74. The van der Waals surface area contributed by atoms with Gasteiger partial charge in [-0.05, 0) is 116 Å². The van der Waals surface area contributed by atoms with Gasteiger partial charge in [-0.3, -0.25) is 0 Å². The van der Waals surface area contributed by atoms with Gasteiger partial charge in [0.1, 0.15) is 22.3 Å². The topological polar surface area (TPSA) is 34.5 Å². The number of furan rings is 2. The molecule has 2 aliphatic heterocycles. The highest BCUT2D eigenvalue weighted by atomic mass is 16.3. The van der Waals surface area contributed by atoms with Crippen molar-refractivity contribution in [2.24, 2.45) is 0 Å². The van der Waals surface area contributed by atoms with Crippen LogP contribution < -0.4 is 15.7 Å². The number of fused-ring (bicyclic) bond motifs is 17. The van der Waals surface area contributed by atoms with Crippen molar-refractivity contribution < 1.29 is 8.83 Å². The molecule has 8 aromatic carbocycles. The Morgan fingerprint density at radius 2 is 1.14 bits per heavy atom. The molecule has 0 N–H and O–H groups in total. The molecule has 0 amide bonds. The first-order valence-electron chi connectivity index (χ1n) is 23.3. The summed E-state index contributed by atoms with van der Waals surface area (Å²) in [6, 6.07) is 50.7. The van der Waals surface area contributed by atoms with E-state index in [1.165, 1.54) is 88.7 Å². The minimum Gasteiger partial charge on any atom is -0.456 e. The molecule has 0 bridgehead atoms. The van der Waals surface area contributed by atoms with Crippen molar-refractivity contribution in [3.63, 3.8) is 0 Å². The highest BCUT2D eigenvalue weighted by Crippen LogP contribution is 2.55. The lowest BCUT2D eigenvalue weighted by atomic mass is 9.43. The molecule has 0 saturated carbocycles.